The molecular weight excluding hydrogens is 428 g/mol. The lowest BCUT2D eigenvalue weighted by molar-refractivity contribution is -0.133. The number of halogens is 2. The number of nitrogens with zero attached hydrogens (tertiary/aromatic N) is 2. The van der Waals surface area contributed by atoms with E-state index in [2.05, 4.69) is 5.32 Å². The average Bonchev–Trinajstić information content (AvgIpc) is 3.61. The number of nitrogens with one attached hydrogen (secondary N) is 1. The third-order valence-electron chi connectivity index (χ3n) is 5.39. The molecule has 4 rings (SSSR count). The van der Waals surface area contributed by atoms with E-state index < -0.39 is 27.6 Å². The van der Waals surface area contributed by atoms with Crippen molar-refractivity contribution in [2.24, 2.45) is 5.92 Å². The molecule has 1 saturated heterocycles. The third-order valence-corrected chi connectivity index (χ3v) is 7.28. The summed E-state index contributed by atoms with van der Waals surface area (Å²) in [4.78, 5) is 26.3. The summed E-state index contributed by atoms with van der Waals surface area (Å²) >= 11 is 0. The second-order valence-electron chi connectivity index (χ2n) is 7.61. The number of hydrogen-bond donors (Lipinski definition) is 1. The van der Waals surface area contributed by atoms with Crippen LogP contribution in [0.15, 0.2) is 47.4 Å². The van der Waals surface area contributed by atoms with Gasteiger partial charge in [-0.1, -0.05) is 6.07 Å². The lowest BCUT2D eigenvalue weighted by Crippen LogP contribution is -2.50. The molecule has 2 aliphatic rings. The predicted molar refractivity (Wildman–Crippen MR) is 109 cm³/mol. The monoisotopic (exact) mass is 449 g/mol. The largest absolute Gasteiger partial charge is 0.340 e. The van der Waals surface area contributed by atoms with Gasteiger partial charge in [-0.15, -0.1) is 0 Å². The smallest absolute Gasteiger partial charge is 0.255 e. The van der Waals surface area contributed by atoms with Gasteiger partial charge in [-0.25, -0.2) is 17.2 Å². The minimum absolute atomic E-state index is 0.0207. The molecule has 164 valence electrons. The van der Waals surface area contributed by atoms with Gasteiger partial charge in [0.25, 0.3) is 5.91 Å². The average molecular weight is 449 g/mol. The number of hydrogen-bond acceptors (Lipinski definition) is 4. The van der Waals surface area contributed by atoms with Gasteiger partial charge in [0.1, 0.15) is 11.6 Å². The molecule has 31 heavy (non-hydrogen) atoms. The van der Waals surface area contributed by atoms with Gasteiger partial charge in [0.15, 0.2) is 0 Å². The van der Waals surface area contributed by atoms with Crippen molar-refractivity contribution in [3.63, 3.8) is 0 Å². The van der Waals surface area contributed by atoms with E-state index >= 15 is 0 Å². The molecule has 0 aromatic heterocycles. The summed E-state index contributed by atoms with van der Waals surface area (Å²) in [5, 5.41) is 2.31. The topological polar surface area (TPSA) is 86.8 Å². The summed E-state index contributed by atoms with van der Waals surface area (Å²) in [7, 11) is -3.87. The first-order chi connectivity index (χ1) is 14.8. The van der Waals surface area contributed by atoms with E-state index in [9.17, 15) is 26.8 Å². The van der Waals surface area contributed by atoms with Crippen molar-refractivity contribution >= 4 is 27.5 Å². The minimum atomic E-state index is -3.87. The Morgan fingerprint density at radius 2 is 1.68 bits per heavy atom. The molecule has 2 fully saturated rings. The van der Waals surface area contributed by atoms with Crippen molar-refractivity contribution in [1.29, 1.82) is 0 Å². The Morgan fingerprint density at radius 3 is 2.32 bits per heavy atom. The van der Waals surface area contributed by atoms with Gasteiger partial charge in [-0.2, -0.15) is 4.31 Å². The van der Waals surface area contributed by atoms with Crippen molar-refractivity contribution in [2.45, 2.75) is 17.7 Å². The number of rotatable bonds is 5. The van der Waals surface area contributed by atoms with E-state index in [1.807, 2.05) is 0 Å². The number of carbonyl (C=O) groups excluding carboxylic acids is 2. The highest BCUT2D eigenvalue weighted by atomic mass is 32.2. The zero-order chi connectivity index (χ0) is 22.2. The van der Waals surface area contributed by atoms with Gasteiger partial charge in [-0.3, -0.25) is 9.59 Å². The van der Waals surface area contributed by atoms with Crippen molar-refractivity contribution in [3.8, 4) is 0 Å². The number of piperazine rings is 1. The Balaban J connectivity index is 1.46. The fraction of sp³-hybridized carbons (Fsp3) is 0.333. The van der Waals surface area contributed by atoms with Gasteiger partial charge in [0.05, 0.1) is 10.6 Å². The van der Waals surface area contributed by atoms with Crippen LogP contribution in [0.3, 0.4) is 0 Å². The Labute approximate surface area is 178 Å². The van der Waals surface area contributed by atoms with E-state index in [4.69, 9.17) is 0 Å². The molecule has 2 aromatic rings. The molecule has 1 saturated carbocycles. The molecular formula is C21H21F2N3O4S. The molecule has 0 bridgehead atoms. The van der Waals surface area contributed by atoms with E-state index in [1.54, 1.807) is 4.90 Å². The zero-order valence-electron chi connectivity index (χ0n) is 16.6. The van der Waals surface area contributed by atoms with Crippen LogP contribution in [0.4, 0.5) is 14.5 Å². The van der Waals surface area contributed by atoms with Gasteiger partial charge in [0, 0.05) is 43.7 Å². The molecule has 1 heterocycles. The van der Waals surface area contributed by atoms with E-state index in [1.165, 1.54) is 28.6 Å². The highest BCUT2D eigenvalue weighted by molar-refractivity contribution is 7.89. The first-order valence-electron chi connectivity index (χ1n) is 9.91. The number of anilines is 1. The second kappa shape index (κ2) is 8.35. The van der Waals surface area contributed by atoms with Gasteiger partial charge in [-0.05, 0) is 43.2 Å². The lowest BCUT2D eigenvalue weighted by Gasteiger charge is -2.34. The maximum Gasteiger partial charge on any atom is 0.255 e. The first kappa shape index (κ1) is 21.4. The number of amides is 2. The fourth-order valence-electron chi connectivity index (χ4n) is 3.47. The highest BCUT2D eigenvalue weighted by Gasteiger charge is 2.36. The van der Waals surface area contributed by atoms with Crippen LogP contribution >= 0.6 is 0 Å². The fourth-order valence-corrected chi connectivity index (χ4v) is 4.94. The molecule has 7 nitrogen and oxygen atoms in total. The molecule has 10 heteroatoms. The summed E-state index contributed by atoms with van der Waals surface area (Å²) < 4.78 is 54.2. The molecule has 1 aliphatic carbocycles. The zero-order valence-corrected chi connectivity index (χ0v) is 17.4. The Hall–Kier alpha value is -2.85. The van der Waals surface area contributed by atoms with Crippen molar-refractivity contribution < 1.29 is 26.8 Å². The summed E-state index contributed by atoms with van der Waals surface area (Å²) in [5.74, 6) is -2.26. The second-order valence-corrected chi connectivity index (χ2v) is 9.55. The van der Waals surface area contributed by atoms with Crippen LogP contribution in [0, 0.1) is 17.6 Å². The van der Waals surface area contributed by atoms with Crippen LogP contribution in [-0.2, 0) is 14.8 Å². The van der Waals surface area contributed by atoms with E-state index in [0.717, 1.165) is 25.0 Å². The van der Waals surface area contributed by atoms with E-state index in [-0.39, 0.29) is 41.1 Å². The SMILES string of the molecule is O=C(Nc1ccc(F)cc1F)c1cccc(S(=O)(=O)N2CCN(C(=O)C3CC3)CC2)c1. The summed E-state index contributed by atoms with van der Waals surface area (Å²) in [6.45, 7) is 1.02. The highest BCUT2D eigenvalue weighted by Crippen LogP contribution is 2.31. The molecule has 1 aliphatic heterocycles. The molecule has 2 aromatic carbocycles. The predicted octanol–water partition coefficient (Wildman–Crippen LogP) is 2.46. The number of benzene rings is 2. The van der Waals surface area contributed by atoms with Crippen molar-refractivity contribution in [1.82, 2.24) is 9.21 Å². The van der Waals surface area contributed by atoms with Gasteiger partial charge < -0.3 is 10.2 Å². The number of carbonyl (C=O) groups is 2. The van der Waals surface area contributed by atoms with Crippen LogP contribution in [0.25, 0.3) is 0 Å². The Morgan fingerprint density at radius 1 is 0.968 bits per heavy atom. The third kappa shape index (κ3) is 4.59. The standard InChI is InChI=1S/C21H21F2N3O4S/c22-16-6-7-19(18(23)13-16)24-20(27)15-2-1-3-17(12-15)31(29,30)26-10-8-25(9-11-26)21(28)14-4-5-14/h1-3,6-7,12-14H,4-5,8-11H2,(H,24,27). The normalized spacial score (nSPS) is 17.4. The molecule has 0 atom stereocenters. The molecule has 0 spiro atoms. The van der Waals surface area contributed by atoms with Crippen LogP contribution in [0.2, 0.25) is 0 Å². The Bertz CT molecular complexity index is 1130. The van der Waals surface area contributed by atoms with E-state index in [0.29, 0.717) is 19.2 Å². The summed E-state index contributed by atoms with van der Waals surface area (Å²) in [6, 6.07) is 8.17. The molecule has 0 unspecified atom stereocenters. The molecule has 1 N–H and O–H groups in total. The van der Waals surface area contributed by atoms with Crippen LogP contribution < -0.4 is 5.32 Å². The van der Waals surface area contributed by atoms with Gasteiger partial charge in [0.2, 0.25) is 15.9 Å². The maximum atomic E-state index is 13.8. The van der Waals surface area contributed by atoms with Crippen molar-refractivity contribution in [2.75, 3.05) is 31.5 Å². The van der Waals surface area contributed by atoms with Gasteiger partial charge >= 0.3 is 0 Å². The number of sulfonamides is 1. The quantitative estimate of drug-likeness (QED) is 0.760. The summed E-state index contributed by atoms with van der Waals surface area (Å²) in [5.41, 5.74) is -0.191. The van der Waals surface area contributed by atoms with Crippen LogP contribution in [0.1, 0.15) is 23.2 Å². The molecule has 0 radical (unpaired) electrons. The Kier molecular flexibility index (Phi) is 5.76. The van der Waals surface area contributed by atoms with Crippen LogP contribution in [-0.4, -0.2) is 55.6 Å². The van der Waals surface area contributed by atoms with Crippen LogP contribution in [0.5, 0.6) is 0 Å². The maximum absolute atomic E-state index is 13.8. The van der Waals surface area contributed by atoms with Crippen molar-refractivity contribution in [3.05, 3.63) is 59.7 Å². The summed E-state index contributed by atoms with van der Waals surface area (Å²) in [6.07, 6.45) is 1.79. The first-order valence-corrected chi connectivity index (χ1v) is 11.3. The minimum Gasteiger partial charge on any atom is -0.340 e. The lowest BCUT2D eigenvalue weighted by atomic mass is 10.2. The molecule has 2 amide bonds.